The van der Waals surface area contributed by atoms with Crippen LogP contribution in [0.4, 0.5) is 5.82 Å². The number of aliphatic hydroxyl groups is 1. The highest BCUT2D eigenvalue weighted by Crippen LogP contribution is 2.51. The molecule has 38 heavy (non-hydrogen) atoms. The maximum absolute atomic E-state index is 13.8. The number of carbonyl (C=O) groups excluding carboxylic acids is 1. The Kier molecular flexibility index (Phi) is 9.87. The van der Waals surface area contributed by atoms with Crippen molar-refractivity contribution < 1.29 is 33.0 Å². The molecule has 6 atom stereocenters. The molecule has 2 heterocycles. The zero-order valence-electron chi connectivity index (χ0n) is 20.8. The summed E-state index contributed by atoms with van der Waals surface area (Å²) < 4.78 is 37.3. The van der Waals surface area contributed by atoms with Gasteiger partial charge in [-0.3, -0.25) is 13.9 Å². The minimum Gasteiger partial charge on any atom is -0.463 e. The molecule has 1 fully saturated rings. The Labute approximate surface area is 229 Å². The lowest BCUT2D eigenvalue weighted by atomic mass is 9.99. The monoisotopic (exact) mass is 587 g/mol. The van der Waals surface area contributed by atoms with Gasteiger partial charge in [-0.2, -0.15) is 4.98 Å². The number of aromatic nitrogens is 2. The lowest BCUT2D eigenvalue weighted by molar-refractivity contribution is -0.151. The van der Waals surface area contributed by atoms with Crippen molar-refractivity contribution in [3.63, 3.8) is 0 Å². The predicted molar refractivity (Wildman–Crippen MR) is 141 cm³/mol. The fourth-order valence-electron chi connectivity index (χ4n) is 3.67. The van der Waals surface area contributed by atoms with Crippen LogP contribution in [0.1, 0.15) is 27.0 Å². The molecule has 11 nitrogen and oxygen atoms in total. The number of aliphatic hydroxyl groups excluding tert-OH is 1. The lowest BCUT2D eigenvalue weighted by Gasteiger charge is -2.25. The van der Waals surface area contributed by atoms with Gasteiger partial charge >= 0.3 is 19.3 Å². The summed E-state index contributed by atoms with van der Waals surface area (Å²) in [6, 6.07) is 9.59. The van der Waals surface area contributed by atoms with Gasteiger partial charge in [0.25, 0.3) is 0 Å². The summed E-state index contributed by atoms with van der Waals surface area (Å²) in [6.45, 7) is 4.43. The normalized spacial score (nSPS) is 25.2. The summed E-state index contributed by atoms with van der Waals surface area (Å²) in [4.78, 5) is 26.6. The second kappa shape index (κ2) is 12.5. The summed E-state index contributed by atoms with van der Waals surface area (Å²) in [7, 11) is -4.03. The van der Waals surface area contributed by atoms with Gasteiger partial charge in [-0.25, -0.2) is 9.36 Å². The van der Waals surface area contributed by atoms with Crippen molar-refractivity contribution in [2.24, 2.45) is 5.92 Å². The fourth-order valence-corrected chi connectivity index (χ4v) is 6.09. The highest BCUT2D eigenvalue weighted by molar-refractivity contribution is 7.54. The second-order valence-corrected chi connectivity index (χ2v) is 11.7. The van der Waals surface area contributed by atoms with E-state index in [9.17, 15) is 19.3 Å². The molecule has 0 bridgehead atoms. The fraction of sp³-hybridized carbons (Fsp3) is 0.458. The molecule has 206 valence electrons. The number of nitrogen functional groups attached to an aromatic ring is 1. The Morgan fingerprint density at radius 3 is 2.61 bits per heavy atom. The van der Waals surface area contributed by atoms with Crippen molar-refractivity contribution in [1.29, 1.82) is 0 Å². The molecule has 1 saturated heterocycles. The van der Waals surface area contributed by atoms with Gasteiger partial charge in [0.05, 0.1) is 24.8 Å². The number of alkyl halides is 1. The molecule has 0 aliphatic carbocycles. The Morgan fingerprint density at radius 1 is 1.32 bits per heavy atom. The Hall–Kier alpha value is -2.58. The number of nitrogens with two attached hydrogens (primary N) is 1. The first-order valence-electron chi connectivity index (χ1n) is 11.6. The standard InChI is InChI=1S/C24H28Cl2N3O8P/c1-15(2)35-21(31)16(3)14-38(33,37-17-7-5-4-6-8-17)34-13-18-20(30)24(26,10-11-25)22(36-18)29-12-9-19(27)28-23(29)32/h4-9,12,15-16,18,20,22,30H,13-14H2,1-3H3,(H2,27,28,32)/t16-,18-,20+,22-,24?,38+/m1/s1. The summed E-state index contributed by atoms with van der Waals surface area (Å²) >= 11 is 12.2. The molecule has 14 heteroatoms. The van der Waals surface area contributed by atoms with Crippen LogP contribution >= 0.6 is 30.8 Å². The molecule has 0 amide bonds. The minimum atomic E-state index is -4.03. The van der Waals surface area contributed by atoms with E-state index in [0.717, 1.165) is 4.57 Å². The summed E-state index contributed by atoms with van der Waals surface area (Å²) in [5.41, 5.74) is 4.75. The van der Waals surface area contributed by atoms with E-state index in [-0.39, 0.29) is 23.8 Å². The molecule has 0 spiro atoms. The van der Waals surface area contributed by atoms with E-state index in [2.05, 4.69) is 16.3 Å². The first-order chi connectivity index (χ1) is 17.9. The minimum absolute atomic E-state index is 0.0302. The molecule has 3 rings (SSSR count). The van der Waals surface area contributed by atoms with Crippen molar-refractivity contribution in [1.82, 2.24) is 9.55 Å². The number of hydrogen-bond acceptors (Lipinski definition) is 10. The van der Waals surface area contributed by atoms with Gasteiger partial charge < -0.3 is 24.8 Å². The number of anilines is 1. The molecule has 1 aliphatic rings. The number of ether oxygens (including phenoxy) is 2. The van der Waals surface area contributed by atoms with E-state index in [1.54, 1.807) is 44.2 Å². The van der Waals surface area contributed by atoms with Crippen molar-refractivity contribution in [2.45, 2.75) is 50.2 Å². The predicted octanol–water partition coefficient (Wildman–Crippen LogP) is 3.14. The van der Waals surface area contributed by atoms with E-state index in [1.165, 1.54) is 19.2 Å². The van der Waals surface area contributed by atoms with E-state index >= 15 is 0 Å². The summed E-state index contributed by atoms with van der Waals surface area (Å²) in [6.07, 6.45) is -3.55. The topological polar surface area (TPSA) is 152 Å². The van der Waals surface area contributed by atoms with Gasteiger partial charge in [0, 0.05) is 11.6 Å². The number of nitrogens with zero attached hydrogens (tertiary/aromatic N) is 2. The quantitative estimate of drug-likeness (QED) is 0.183. The van der Waals surface area contributed by atoms with Crippen molar-refractivity contribution in [3.8, 4) is 17.0 Å². The van der Waals surface area contributed by atoms with Crippen molar-refractivity contribution in [3.05, 3.63) is 53.1 Å². The van der Waals surface area contributed by atoms with Crippen LogP contribution in [0.2, 0.25) is 0 Å². The van der Waals surface area contributed by atoms with Crippen LogP contribution < -0.4 is 15.9 Å². The first kappa shape index (κ1) is 30.0. The van der Waals surface area contributed by atoms with Crippen LogP contribution in [-0.2, 0) is 23.4 Å². The maximum Gasteiger partial charge on any atom is 0.380 e. The Balaban J connectivity index is 1.86. The van der Waals surface area contributed by atoms with E-state index in [1.807, 2.05) is 0 Å². The van der Waals surface area contributed by atoms with Gasteiger partial charge in [0.2, 0.25) is 0 Å². The van der Waals surface area contributed by atoms with Crippen LogP contribution in [-0.4, -0.2) is 56.6 Å². The van der Waals surface area contributed by atoms with Crippen molar-refractivity contribution >= 4 is 42.6 Å². The smallest absolute Gasteiger partial charge is 0.380 e. The lowest BCUT2D eigenvalue weighted by Crippen LogP contribution is -2.43. The molecule has 2 aromatic rings. The number of para-hydroxylation sites is 1. The molecule has 3 N–H and O–H groups in total. The average Bonchev–Trinajstić information content (AvgIpc) is 3.08. The molecule has 1 aromatic heterocycles. The largest absolute Gasteiger partial charge is 0.463 e. The molecule has 0 radical (unpaired) electrons. The highest BCUT2D eigenvalue weighted by atomic mass is 35.5. The summed E-state index contributed by atoms with van der Waals surface area (Å²) in [5, 5.41) is 13.1. The van der Waals surface area contributed by atoms with Gasteiger partial charge in [-0.05, 0) is 43.6 Å². The van der Waals surface area contributed by atoms with Gasteiger partial charge in [-0.15, -0.1) is 0 Å². The number of carbonyl (C=O) groups is 1. The first-order valence-corrected chi connectivity index (χ1v) is 14.1. The number of hydrogen-bond donors (Lipinski definition) is 2. The Bertz CT molecular complexity index is 1300. The molecular weight excluding hydrogens is 560 g/mol. The highest BCUT2D eigenvalue weighted by Gasteiger charge is 2.56. The van der Waals surface area contributed by atoms with Crippen LogP contribution in [0.25, 0.3) is 0 Å². The zero-order valence-corrected chi connectivity index (χ0v) is 23.2. The third-order valence-corrected chi connectivity index (χ3v) is 8.09. The van der Waals surface area contributed by atoms with Crippen LogP contribution in [0.5, 0.6) is 5.75 Å². The Morgan fingerprint density at radius 2 is 2.00 bits per heavy atom. The van der Waals surface area contributed by atoms with Crippen LogP contribution in [0.15, 0.2) is 47.4 Å². The number of benzene rings is 1. The number of halogens is 2. The number of esters is 1. The van der Waals surface area contributed by atoms with Gasteiger partial charge in [-0.1, -0.05) is 42.6 Å². The molecule has 1 unspecified atom stereocenters. The molecule has 0 saturated carbocycles. The van der Waals surface area contributed by atoms with Gasteiger partial charge in [0.1, 0.15) is 23.8 Å². The molecule has 1 aliphatic heterocycles. The average molecular weight is 588 g/mol. The second-order valence-electron chi connectivity index (χ2n) is 8.88. The van der Waals surface area contributed by atoms with E-state index in [4.69, 9.17) is 47.5 Å². The zero-order chi connectivity index (χ0) is 28.1. The van der Waals surface area contributed by atoms with E-state index in [0.29, 0.717) is 0 Å². The van der Waals surface area contributed by atoms with Crippen LogP contribution in [0, 0.1) is 17.2 Å². The van der Waals surface area contributed by atoms with Crippen molar-refractivity contribution in [2.75, 3.05) is 18.5 Å². The molecule has 1 aromatic carbocycles. The summed E-state index contributed by atoms with van der Waals surface area (Å²) in [5.74, 6) is 1.25. The SMILES string of the molecule is CC(C)OC(=O)[C@H](C)C[P@](=O)(OC[C@H]1O[C@@H](n2ccc(N)nc2=O)C(Cl)(C#CCl)[C@H]1O)Oc1ccccc1. The number of rotatable bonds is 10. The third kappa shape index (κ3) is 7.08. The molecular formula is C24H28Cl2N3O8P. The van der Waals surface area contributed by atoms with Crippen LogP contribution in [0.3, 0.4) is 0 Å². The third-order valence-electron chi connectivity index (χ3n) is 5.46. The van der Waals surface area contributed by atoms with Gasteiger partial charge in [0.15, 0.2) is 11.1 Å². The maximum atomic E-state index is 13.8. The van der Waals surface area contributed by atoms with E-state index < -0.39 is 55.1 Å².